The second-order valence-corrected chi connectivity index (χ2v) is 37.7. The molecule has 12 aromatic rings. The molecule has 2 saturated carbocycles. The fraction of sp³-hybridized carbons (Fsp3) is 0.339. The van der Waals surface area contributed by atoms with Gasteiger partial charge in [-0.15, -0.1) is 0 Å². The van der Waals surface area contributed by atoms with Crippen LogP contribution >= 0.6 is 0 Å². The van der Waals surface area contributed by atoms with E-state index in [4.69, 9.17) is 0 Å². The molecule has 2 atom stereocenters. The van der Waals surface area contributed by atoms with Crippen LogP contribution in [-0.2, 0) is 0 Å². The number of benzene rings is 12. The summed E-state index contributed by atoms with van der Waals surface area (Å²) in [7, 11) is 0. The maximum atomic E-state index is 10.2. The van der Waals surface area contributed by atoms with Gasteiger partial charge in [0, 0.05) is 95.6 Å². The number of phenols is 4. The van der Waals surface area contributed by atoms with E-state index in [1.807, 2.05) is 72.8 Å². The van der Waals surface area contributed by atoms with Crippen molar-refractivity contribution in [2.24, 2.45) is 0 Å². The third-order valence-corrected chi connectivity index (χ3v) is 28.0. The molecule has 6 aliphatic rings. The zero-order valence-electron chi connectivity index (χ0n) is 79.1. The zero-order valence-corrected chi connectivity index (χ0v) is 79.1. The van der Waals surface area contributed by atoms with Crippen LogP contribution in [0.3, 0.4) is 0 Å². The first-order valence-electron chi connectivity index (χ1n) is 49.5. The second kappa shape index (κ2) is 48.5. The first-order chi connectivity index (χ1) is 65.6. The molecule has 0 amide bonds. The number of nitrogens with zero attached hydrogens (tertiary/aromatic N) is 5. The summed E-state index contributed by atoms with van der Waals surface area (Å²) in [6, 6.07) is 111. The Balaban J connectivity index is 0.000000136. The van der Waals surface area contributed by atoms with Gasteiger partial charge in [-0.05, 0) is 363 Å². The largest absolute Gasteiger partial charge is 0.508 e. The average molecular weight is 1790 g/mol. The van der Waals surface area contributed by atoms with Gasteiger partial charge in [0.15, 0.2) is 0 Å². The second-order valence-electron chi connectivity index (χ2n) is 37.7. The number of hydrogen-bond donors (Lipinski definition) is 8. The van der Waals surface area contributed by atoms with E-state index in [0.29, 0.717) is 55.5 Å². The van der Waals surface area contributed by atoms with E-state index >= 15 is 0 Å². The molecule has 4 saturated heterocycles. The van der Waals surface area contributed by atoms with Gasteiger partial charge in [-0.25, -0.2) is 0 Å². The normalized spacial score (nSPS) is 17.6. The van der Waals surface area contributed by atoms with Gasteiger partial charge >= 0.3 is 0 Å². The first kappa shape index (κ1) is 96.8. The number of likely N-dealkylation sites (tertiary alicyclic amines) is 3. The summed E-state index contributed by atoms with van der Waals surface area (Å²) in [5.74, 6) is 2.84. The molecule has 2 aliphatic carbocycles. The van der Waals surface area contributed by atoms with Crippen molar-refractivity contribution in [1.82, 2.24) is 19.6 Å². The van der Waals surface area contributed by atoms with Crippen molar-refractivity contribution in [1.29, 1.82) is 0 Å². The van der Waals surface area contributed by atoms with Crippen LogP contribution in [0.4, 0.5) is 5.69 Å². The van der Waals surface area contributed by atoms with Gasteiger partial charge in [0.2, 0.25) is 0 Å². The third kappa shape index (κ3) is 26.1. The number of phenolic OH excluding ortho intramolecular Hbond substituents is 4. The number of aliphatic hydroxyl groups is 4. The molecule has 13 heteroatoms. The van der Waals surface area contributed by atoms with E-state index in [9.17, 15) is 40.9 Å². The maximum Gasteiger partial charge on any atom is 0.116 e. The molecule has 4 aliphatic heterocycles. The first-order valence-corrected chi connectivity index (χ1v) is 49.5. The minimum absolute atomic E-state index is 0.149. The molecule has 4 heterocycles. The topological polar surface area (TPSA) is 178 Å². The molecular formula is C121H139N5O8. The van der Waals surface area contributed by atoms with Gasteiger partial charge in [0.05, 0.1) is 0 Å². The fourth-order valence-electron chi connectivity index (χ4n) is 20.4. The van der Waals surface area contributed by atoms with Crippen molar-refractivity contribution in [3.05, 3.63) is 399 Å². The van der Waals surface area contributed by atoms with E-state index in [0.717, 1.165) is 151 Å². The summed E-state index contributed by atoms with van der Waals surface area (Å²) < 4.78 is 0. The highest BCUT2D eigenvalue weighted by Gasteiger charge is 2.36. The van der Waals surface area contributed by atoms with E-state index in [2.05, 4.69) is 258 Å². The van der Waals surface area contributed by atoms with E-state index in [1.165, 1.54) is 137 Å². The van der Waals surface area contributed by atoms with Gasteiger partial charge in [-0.2, -0.15) is 0 Å². The van der Waals surface area contributed by atoms with Gasteiger partial charge in [0.1, 0.15) is 23.0 Å². The predicted octanol–water partition coefficient (Wildman–Crippen LogP) is 24.5. The Kier molecular flexibility index (Phi) is 35.0. The lowest BCUT2D eigenvalue weighted by atomic mass is 9.84. The number of rotatable bonds is 32. The number of aliphatic hydroxyl groups excluding tert-OH is 4. The average Bonchev–Trinajstić information content (AvgIpc) is 0.855. The smallest absolute Gasteiger partial charge is 0.116 e. The SMILES string of the molecule is CC(C)N1CCC(c2ccc(/C(=C(/CCCO)c3ccccc3)c3cccc(O)c3)cc2)C1.CC(C)N1CCC(c2cccc(/C(=C(/CCCO)c3ccccc3)c3ccc(O)cc3)c2)CC1.OCCC/C(=C(/c1ccc(C2CCN(C3CC3)C2)cc1)c1cccc(O)c1)c1ccccc1.OCCC/C(=C(\c1ccc(O)cc1)c1cccc(N2CCN(C3CC3)CC2)c1)c1ccccc1. The molecule has 0 aromatic heterocycles. The van der Waals surface area contributed by atoms with Gasteiger partial charge in [-0.1, -0.05) is 255 Å². The number of anilines is 1. The van der Waals surface area contributed by atoms with E-state index in [1.54, 1.807) is 36.4 Å². The summed E-state index contributed by atoms with van der Waals surface area (Å²) in [5, 5.41) is 78.7. The quantitative estimate of drug-likeness (QED) is 0.0187. The summed E-state index contributed by atoms with van der Waals surface area (Å²) in [6.07, 6.45) is 16.2. The van der Waals surface area contributed by atoms with Crippen molar-refractivity contribution in [3.63, 3.8) is 0 Å². The highest BCUT2D eigenvalue weighted by molar-refractivity contribution is 6.02. The maximum absolute atomic E-state index is 10.2. The molecule has 0 radical (unpaired) electrons. The van der Waals surface area contributed by atoms with Crippen LogP contribution in [0.25, 0.3) is 44.6 Å². The van der Waals surface area contributed by atoms with Crippen molar-refractivity contribution < 1.29 is 40.9 Å². The summed E-state index contributed by atoms with van der Waals surface area (Å²) >= 11 is 0. The lowest BCUT2D eigenvalue weighted by Crippen LogP contribution is -2.47. The zero-order chi connectivity index (χ0) is 93.1. The third-order valence-electron chi connectivity index (χ3n) is 28.0. The highest BCUT2D eigenvalue weighted by Crippen LogP contribution is 2.45. The van der Waals surface area contributed by atoms with Crippen LogP contribution in [0.2, 0.25) is 0 Å². The monoisotopic (exact) mass is 1790 g/mol. The Morgan fingerprint density at radius 2 is 0.575 bits per heavy atom. The minimum Gasteiger partial charge on any atom is -0.508 e. The fourth-order valence-corrected chi connectivity index (χ4v) is 20.4. The van der Waals surface area contributed by atoms with Crippen LogP contribution < -0.4 is 4.90 Å². The molecule has 6 fully saturated rings. The van der Waals surface area contributed by atoms with Crippen molar-refractivity contribution in [2.45, 2.75) is 172 Å². The van der Waals surface area contributed by atoms with Crippen LogP contribution in [0.5, 0.6) is 23.0 Å². The standard InChI is InChI=1S/C31H37NO2.C30H34N2O2.C30H33NO2.C30H35NO2/c1-23(2)32-19-17-24(18-20-32)27-10-6-11-28(22-27)31(26-13-15-29(34)16-14-26)30(12-7-21-33)25-8-4-3-5-9-25;33-21-5-10-29(23-6-2-1-3-7-23)30(24-11-15-28(34)16-12-24)25-8-4-9-27(22-25)32-19-17-31(18-20-32)26-13-14-26;32-19-5-10-29(23-6-2-1-3-7-23)30(25-8-4-9-28(33)20-25)24-13-11-22(12-14-24)26-17-18-31(21-26)27-15-16-27;1-22(2)31-18-17-27(21-31)23-13-15-25(16-14-23)30(26-10-6-11-28(33)20-26)29(12-7-19-32)24-8-4-3-5-9-24/h3-6,8-11,13-16,22-24,33-34H,7,12,17-21H2,1-2H3;1-4,6-9,11-12,15-16,22,26,33-34H,5,10,13-14,17-21H2;1-4,6-9,11-14,20,26-27,32-33H,5,10,15-19,21H2;3-6,8-11,13-16,20,22,27,32-33H,7,12,17-19,21H2,1-2H3/b31-30-;30-29-;2*30-29+. The molecular weight excluding hydrogens is 1650 g/mol. The molecule has 696 valence electrons. The van der Waals surface area contributed by atoms with Crippen molar-refractivity contribution in [2.75, 3.05) is 96.8 Å². The lowest BCUT2D eigenvalue weighted by Gasteiger charge is -2.36. The van der Waals surface area contributed by atoms with E-state index in [-0.39, 0.29) is 49.4 Å². The molecule has 134 heavy (non-hydrogen) atoms. The van der Waals surface area contributed by atoms with Crippen LogP contribution in [0.1, 0.15) is 232 Å². The van der Waals surface area contributed by atoms with Crippen molar-refractivity contribution in [3.8, 4) is 23.0 Å². The van der Waals surface area contributed by atoms with Gasteiger partial charge < -0.3 is 55.6 Å². The number of hydrogen-bond acceptors (Lipinski definition) is 13. The molecule has 2 unspecified atom stereocenters. The Hall–Kier alpha value is -11.7. The lowest BCUT2D eigenvalue weighted by molar-refractivity contribution is 0.172. The highest BCUT2D eigenvalue weighted by atomic mass is 16.3. The molecule has 13 nitrogen and oxygen atoms in total. The Morgan fingerprint density at radius 3 is 0.940 bits per heavy atom. The van der Waals surface area contributed by atoms with E-state index < -0.39 is 0 Å². The van der Waals surface area contributed by atoms with Gasteiger partial charge in [-0.3, -0.25) is 9.80 Å². The number of allylic oxidation sites excluding steroid dienone is 4. The molecule has 18 rings (SSSR count). The van der Waals surface area contributed by atoms with Gasteiger partial charge in [0.25, 0.3) is 0 Å². The Bertz CT molecular complexity index is 5450. The number of aromatic hydroxyl groups is 4. The molecule has 0 spiro atoms. The van der Waals surface area contributed by atoms with Crippen LogP contribution in [-0.4, -0.2) is 176 Å². The Labute approximate surface area is 796 Å². The minimum atomic E-state index is 0.149. The number of piperidine rings is 1. The van der Waals surface area contributed by atoms with Crippen molar-refractivity contribution >= 4 is 50.3 Å². The summed E-state index contributed by atoms with van der Waals surface area (Å²) in [5.41, 5.74) is 28.4. The molecule has 12 aromatic carbocycles. The summed E-state index contributed by atoms with van der Waals surface area (Å²) in [6.45, 7) is 21.1. The predicted molar refractivity (Wildman–Crippen MR) is 554 cm³/mol. The Morgan fingerprint density at radius 1 is 0.254 bits per heavy atom. The number of piperazine rings is 1. The van der Waals surface area contributed by atoms with Crippen LogP contribution in [0, 0.1) is 0 Å². The molecule has 0 bridgehead atoms. The summed E-state index contributed by atoms with van der Waals surface area (Å²) in [4.78, 5) is 12.9. The van der Waals surface area contributed by atoms with Crippen LogP contribution in [0.15, 0.2) is 315 Å². The molecule has 8 N–H and O–H groups in total.